The Morgan fingerprint density at radius 2 is 2.04 bits per heavy atom. The maximum absolute atomic E-state index is 12.9. The molecule has 2 rings (SSSR count). The molecule has 134 valence electrons. The van der Waals surface area contributed by atoms with Gasteiger partial charge in [-0.05, 0) is 26.7 Å². The Balaban J connectivity index is 2.22. The summed E-state index contributed by atoms with van der Waals surface area (Å²) in [6.07, 6.45) is 5.03. The van der Waals surface area contributed by atoms with Gasteiger partial charge in [-0.15, -0.1) is 0 Å². The van der Waals surface area contributed by atoms with E-state index in [9.17, 15) is 4.79 Å². The van der Waals surface area contributed by atoms with E-state index in [2.05, 4.69) is 42.7 Å². The van der Waals surface area contributed by atoms with Crippen LogP contribution in [0.2, 0.25) is 0 Å². The Hall–Kier alpha value is -1.65. The van der Waals surface area contributed by atoms with Crippen LogP contribution in [0.15, 0.2) is 0 Å². The molecule has 0 bridgehead atoms. The number of nitrogens with zero attached hydrogens (tertiary/aromatic N) is 4. The summed E-state index contributed by atoms with van der Waals surface area (Å²) >= 11 is 0. The van der Waals surface area contributed by atoms with Gasteiger partial charge in [0, 0.05) is 38.0 Å². The van der Waals surface area contributed by atoms with Gasteiger partial charge in [-0.25, -0.2) is 9.97 Å². The standard InChI is InChI=1S/C19H32N4O/c1-6-9-10-15(7-2)19(24)23-12-11-17-16(13-23)18(22(5)8-3)21-14(4)20-17/h15H,6-13H2,1-5H3/t15-/m1/s1. The molecule has 0 saturated heterocycles. The van der Waals surface area contributed by atoms with Gasteiger partial charge in [-0.3, -0.25) is 4.79 Å². The van der Waals surface area contributed by atoms with Gasteiger partial charge in [0.15, 0.2) is 0 Å². The number of rotatable bonds is 7. The van der Waals surface area contributed by atoms with Crippen LogP contribution in [0.3, 0.4) is 0 Å². The van der Waals surface area contributed by atoms with Crippen LogP contribution in [0.1, 0.15) is 63.5 Å². The van der Waals surface area contributed by atoms with Gasteiger partial charge in [0.2, 0.25) is 5.91 Å². The lowest BCUT2D eigenvalue weighted by atomic mass is 9.96. The number of fused-ring (bicyclic) bond motifs is 1. The minimum atomic E-state index is 0.158. The molecule has 0 aromatic carbocycles. The molecule has 1 aliphatic rings. The minimum absolute atomic E-state index is 0.158. The predicted molar refractivity (Wildman–Crippen MR) is 98.1 cm³/mol. The lowest BCUT2D eigenvalue weighted by Crippen LogP contribution is -2.41. The summed E-state index contributed by atoms with van der Waals surface area (Å²) < 4.78 is 0. The highest BCUT2D eigenvalue weighted by Gasteiger charge is 2.29. The van der Waals surface area contributed by atoms with E-state index in [4.69, 9.17) is 0 Å². The van der Waals surface area contributed by atoms with Crippen molar-refractivity contribution < 1.29 is 4.79 Å². The first-order valence-corrected chi connectivity index (χ1v) is 9.38. The van der Waals surface area contributed by atoms with Crippen LogP contribution in [0.25, 0.3) is 0 Å². The minimum Gasteiger partial charge on any atom is -0.360 e. The average molecular weight is 332 g/mol. The molecule has 1 atom stereocenters. The molecule has 1 amide bonds. The van der Waals surface area contributed by atoms with E-state index in [1.54, 1.807) is 0 Å². The fraction of sp³-hybridized carbons (Fsp3) is 0.737. The number of hydrogen-bond donors (Lipinski definition) is 0. The Kier molecular flexibility index (Phi) is 6.58. The van der Waals surface area contributed by atoms with E-state index in [-0.39, 0.29) is 5.92 Å². The number of anilines is 1. The summed E-state index contributed by atoms with van der Waals surface area (Å²) in [6, 6.07) is 0. The van der Waals surface area contributed by atoms with Crippen molar-refractivity contribution in [3.63, 3.8) is 0 Å². The molecule has 0 N–H and O–H groups in total. The monoisotopic (exact) mass is 332 g/mol. The first-order chi connectivity index (χ1) is 11.5. The van der Waals surface area contributed by atoms with Crippen molar-refractivity contribution in [2.75, 3.05) is 25.0 Å². The van der Waals surface area contributed by atoms with E-state index in [1.165, 1.54) is 0 Å². The Labute approximate surface area is 146 Å². The second kappa shape index (κ2) is 8.45. The molecule has 0 spiro atoms. The first kappa shape index (κ1) is 18.7. The topological polar surface area (TPSA) is 49.3 Å². The summed E-state index contributed by atoms with van der Waals surface area (Å²) in [4.78, 5) is 26.4. The summed E-state index contributed by atoms with van der Waals surface area (Å²) in [5.41, 5.74) is 2.25. The van der Waals surface area contributed by atoms with Gasteiger partial charge in [-0.1, -0.05) is 26.7 Å². The highest BCUT2D eigenvalue weighted by molar-refractivity contribution is 5.79. The second-order valence-corrected chi connectivity index (χ2v) is 6.79. The van der Waals surface area contributed by atoms with E-state index in [0.29, 0.717) is 12.5 Å². The zero-order chi connectivity index (χ0) is 17.7. The molecule has 0 radical (unpaired) electrons. The Morgan fingerprint density at radius 3 is 2.67 bits per heavy atom. The number of hydrogen-bond acceptors (Lipinski definition) is 4. The third-order valence-electron chi connectivity index (χ3n) is 5.05. The van der Waals surface area contributed by atoms with E-state index < -0.39 is 0 Å². The molecule has 0 aliphatic carbocycles. The van der Waals surface area contributed by atoms with Gasteiger partial charge in [0.1, 0.15) is 11.6 Å². The maximum atomic E-state index is 12.9. The molecule has 24 heavy (non-hydrogen) atoms. The number of unbranched alkanes of at least 4 members (excludes halogenated alkanes) is 1. The molecule has 5 heteroatoms. The molecule has 0 fully saturated rings. The molecule has 0 unspecified atom stereocenters. The lowest BCUT2D eigenvalue weighted by molar-refractivity contribution is -0.136. The normalized spacial score (nSPS) is 15.1. The van der Waals surface area contributed by atoms with Crippen LogP contribution in [0, 0.1) is 12.8 Å². The average Bonchev–Trinajstić information content (AvgIpc) is 2.60. The fourth-order valence-electron chi connectivity index (χ4n) is 3.38. The molecule has 1 aromatic heterocycles. The third kappa shape index (κ3) is 4.05. The van der Waals surface area contributed by atoms with Gasteiger partial charge < -0.3 is 9.80 Å². The largest absolute Gasteiger partial charge is 0.360 e. The summed E-state index contributed by atoms with van der Waals surface area (Å²) in [5, 5.41) is 0. The first-order valence-electron chi connectivity index (χ1n) is 9.38. The molecule has 0 saturated carbocycles. The van der Waals surface area contributed by atoms with Crippen LogP contribution < -0.4 is 4.90 Å². The number of aryl methyl sites for hydroxylation is 1. The van der Waals surface area contributed by atoms with Gasteiger partial charge in [0.05, 0.1) is 12.2 Å². The van der Waals surface area contributed by atoms with Gasteiger partial charge in [0.25, 0.3) is 0 Å². The van der Waals surface area contributed by atoms with E-state index in [1.807, 2.05) is 11.8 Å². The van der Waals surface area contributed by atoms with Crippen molar-refractivity contribution in [1.82, 2.24) is 14.9 Å². The third-order valence-corrected chi connectivity index (χ3v) is 5.05. The molecule has 1 aliphatic heterocycles. The molecule has 5 nitrogen and oxygen atoms in total. The van der Waals surface area contributed by atoms with Crippen LogP contribution in [-0.2, 0) is 17.8 Å². The number of carbonyl (C=O) groups is 1. The summed E-state index contributed by atoms with van der Waals surface area (Å²) in [6.45, 7) is 10.7. The van der Waals surface area contributed by atoms with Crippen LogP contribution in [-0.4, -0.2) is 40.9 Å². The number of aromatic nitrogens is 2. The summed E-state index contributed by atoms with van der Waals surface area (Å²) in [5.74, 6) is 2.27. The van der Waals surface area contributed by atoms with Crippen molar-refractivity contribution in [3.8, 4) is 0 Å². The molecule has 2 heterocycles. The van der Waals surface area contributed by atoms with Crippen LogP contribution in [0.4, 0.5) is 5.82 Å². The molecular weight excluding hydrogens is 300 g/mol. The smallest absolute Gasteiger partial charge is 0.225 e. The highest BCUT2D eigenvalue weighted by Crippen LogP contribution is 2.28. The van der Waals surface area contributed by atoms with Crippen molar-refractivity contribution in [3.05, 3.63) is 17.1 Å². The SMILES string of the molecule is CCCC[C@@H](CC)C(=O)N1CCc2nc(C)nc(N(C)CC)c2C1. The zero-order valence-electron chi connectivity index (χ0n) is 15.9. The lowest BCUT2D eigenvalue weighted by Gasteiger charge is -2.33. The van der Waals surface area contributed by atoms with Crippen molar-refractivity contribution >= 4 is 11.7 Å². The summed E-state index contributed by atoms with van der Waals surface area (Å²) in [7, 11) is 2.05. The van der Waals surface area contributed by atoms with Gasteiger partial charge >= 0.3 is 0 Å². The maximum Gasteiger partial charge on any atom is 0.225 e. The van der Waals surface area contributed by atoms with Crippen molar-refractivity contribution in [1.29, 1.82) is 0 Å². The Bertz CT molecular complexity index is 573. The van der Waals surface area contributed by atoms with Crippen LogP contribution in [0.5, 0.6) is 0 Å². The highest BCUT2D eigenvalue weighted by atomic mass is 16.2. The zero-order valence-corrected chi connectivity index (χ0v) is 15.9. The van der Waals surface area contributed by atoms with Crippen LogP contribution >= 0.6 is 0 Å². The second-order valence-electron chi connectivity index (χ2n) is 6.79. The molecular formula is C19H32N4O. The Morgan fingerprint density at radius 1 is 1.29 bits per heavy atom. The quantitative estimate of drug-likeness (QED) is 0.768. The van der Waals surface area contributed by atoms with Crippen molar-refractivity contribution in [2.24, 2.45) is 5.92 Å². The molecule has 1 aromatic rings. The van der Waals surface area contributed by atoms with E-state index >= 15 is 0 Å². The van der Waals surface area contributed by atoms with Crippen molar-refractivity contribution in [2.45, 2.75) is 66.3 Å². The predicted octanol–water partition coefficient (Wildman–Crippen LogP) is 3.34. The number of carbonyl (C=O) groups excluding carboxylic acids is 1. The van der Waals surface area contributed by atoms with E-state index in [0.717, 1.165) is 68.1 Å². The fourth-order valence-corrected chi connectivity index (χ4v) is 3.38. The van der Waals surface area contributed by atoms with Gasteiger partial charge in [-0.2, -0.15) is 0 Å². The number of amides is 1.